The molecule has 1 fully saturated rings. The molecule has 0 atom stereocenters. The topological polar surface area (TPSA) is 82.2 Å². The number of fused-ring (bicyclic) bond motifs is 2. The summed E-state index contributed by atoms with van der Waals surface area (Å²) in [6, 6.07) is 6.66. The zero-order valence-electron chi connectivity index (χ0n) is 23.8. The van der Waals surface area contributed by atoms with E-state index in [-0.39, 0.29) is 23.6 Å². The van der Waals surface area contributed by atoms with Crippen molar-refractivity contribution in [1.29, 1.82) is 0 Å². The fourth-order valence-corrected chi connectivity index (χ4v) is 5.68. The fraction of sp³-hybridized carbons (Fsp3) is 0.484. The van der Waals surface area contributed by atoms with Gasteiger partial charge in [-0.2, -0.15) is 0 Å². The van der Waals surface area contributed by atoms with Gasteiger partial charge in [0.05, 0.1) is 29.5 Å². The molecule has 1 saturated heterocycles. The molecule has 0 bridgehead atoms. The molecule has 1 aromatic carbocycles. The highest BCUT2D eigenvalue weighted by atomic mass is 19.1. The lowest BCUT2D eigenvalue weighted by atomic mass is 9.98. The lowest BCUT2D eigenvalue weighted by Crippen LogP contribution is -2.43. The molecule has 5 rings (SSSR count). The van der Waals surface area contributed by atoms with E-state index in [1.165, 1.54) is 12.1 Å². The molecule has 1 amide bonds. The summed E-state index contributed by atoms with van der Waals surface area (Å²) in [6.07, 6.45) is 10.1. The Morgan fingerprint density at radius 3 is 2.60 bits per heavy atom. The number of carbonyl (C=O) groups excluding carboxylic acids is 1. The molecule has 8 nitrogen and oxygen atoms in total. The van der Waals surface area contributed by atoms with Crippen LogP contribution in [0.3, 0.4) is 0 Å². The van der Waals surface area contributed by atoms with Crippen molar-refractivity contribution in [2.24, 2.45) is 0 Å². The van der Waals surface area contributed by atoms with E-state index >= 15 is 0 Å². The van der Waals surface area contributed by atoms with E-state index in [9.17, 15) is 14.0 Å². The molecule has 0 unspecified atom stereocenters. The van der Waals surface area contributed by atoms with Gasteiger partial charge in [-0.25, -0.2) is 14.0 Å². The normalized spacial score (nSPS) is 14.8. The first-order valence-corrected chi connectivity index (χ1v) is 14.2. The first kappa shape index (κ1) is 27.8. The van der Waals surface area contributed by atoms with E-state index in [1.807, 2.05) is 37.5 Å². The van der Waals surface area contributed by atoms with Crippen molar-refractivity contribution in [1.82, 2.24) is 24.0 Å². The van der Waals surface area contributed by atoms with Crippen molar-refractivity contribution in [3.63, 3.8) is 0 Å². The summed E-state index contributed by atoms with van der Waals surface area (Å²) in [7, 11) is 0. The van der Waals surface area contributed by atoms with Crippen molar-refractivity contribution >= 4 is 27.9 Å². The van der Waals surface area contributed by atoms with E-state index in [1.54, 1.807) is 28.1 Å². The number of carbonyl (C=O) groups is 1. The number of pyridine rings is 2. The lowest BCUT2D eigenvalue weighted by molar-refractivity contribution is 0.0188. The van der Waals surface area contributed by atoms with Crippen LogP contribution in [-0.2, 0) is 17.7 Å². The number of unbranched alkanes of at least 4 members (excludes halogenated alkanes) is 2. The van der Waals surface area contributed by atoms with Gasteiger partial charge >= 0.3 is 11.8 Å². The van der Waals surface area contributed by atoms with Crippen molar-refractivity contribution in [3.8, 4) is 0 Å². The molecular weight excluding hydrogens is 509 g/mol. The molecule has 1 aliphatic rings. The smallest absolute Gasteiger partial charge is 0.410 e. The zero-order valence-corrected chi connectivity index (χ0v) is 23.8. The van der Waals surface area contributed by atoms with Crippen LogP contribution >= 0.6 is 0 Å². The maximum Gasteiger partial charge on any atom is 0.410 e. The Bertz CT molecular complexity index is 1580. The van der Waals surface area contributed by atoms with Crippen LogP contribution in [-0.4, -0.2) is 48.8 Å². The number of hydrogen-bond acceptors (Lipinski definition) is 5. The minimum Gasteiger partial charge on any atom is -0.444 e. The Hall–Kier alpha value is -3.75. The predicted octanol–water partition coefficient (Wildman–Crippen LogP) is 6.24. The van der Waals surface area contributed by atoms with E-state index in [4.69, 9.17) is 9.72 Å². The third kappa shape index (κ3) is 5.74. The highest BCUT2D eigenvalue weighted by Gasteiger charge is 2.30. The van der Waals surface area contributed by atoms with Gasteiger partial charge in [-0.1, -0.05) is 25.8 Å². The van der Waals surface area contributed by atoms with Crippen LogP contribution < -0.4 is 5.69 Å². The Morgan fingerprint density at radius 2 is 1.88 bits per heavy atom. The number of amides is 1. The maximum absolute atomic E-state index is 14.0. The van der Waals surface area contributed by atoms with E-state index in [0.29, 0.717) is 32.5 Å². The molecule has 0 saturated carbocycles. The van der Waals surface area contributed by atoms with Crippen LogP contribution in [0.2, 0.25) is 0 Å². The summed E-state index contributed by atoms with van der Waals surface area (Å²) in [5.74, 6) is -0.287. The number of aryl methyl sites for hydroxylation is 1. The number of likely N-dealkylation sites (tertiary alicyclic amines) is 1. The molecule has 3 aromatic heterocycles. The summed E-state index contributed by atoms with van der Waals surface area (Å²) < 4.78 is 23.1. The molecule has 1 aliphatic heterocycles. The minimum absolute atomic E-state index is 0.0473. The minimum atomic E-state index is -0.550. The second kappa shape index (κ2) is 11.4. The molecule has 40 heavy (non-hydrogen) atoms. The van der Waals surface area contributed by atoms with Crippen LogP contribution in [0, 0.1) is 5.82 Å². The van der Waals surface area contributed by atoms with Gasteiger partial charge in [0.1, 0.15) is 11.4 Å². The largest absolute Gasteiger partial charge is 0.444 e. The highest BCUT2D eigenvalue weighted by molar-refractivity contribution is 5.86. The van der Waals surface area contributed by atoms with Crippen LogP contribution in [0.1, 0.15) is 77.1 Å². The zero-order chi connectivity index (χ0) is 28.4. The summed E-state index contributed by atoms with van der Waals surface area (Å²) >= 11 is 0. The van der Waals surface area contributed by atoms with Crippen molar-refractivity contribution in [3.05, 3.63) is 70.4 Å². The number of imidazole rings is 1. The quantitative estimate of drug-likeness (QED) is 0.256. The van der Waals surface area contributed by atoms with Crippen LogP contribution in [0.4, 0.5) is 9.18 Å². The standard InChI is InChI=1S/C31H38FN5O3/c1-5-6-7-8-25-24-10-9-22(32)17-21(24)18-34-26(25)20-36-28-19-33-14-11-27(28)37(29(36)38)23-12-15-35(16-13-23)30(39)40-31(2,3)4/h9-11,14,17-19,23H,5-8,12-13,15-16,20H2,1-4H3. The molecular formula is C31H38FN5O3. The first-order chi connectivity index (χ1) is 19.2. The van der Waals surface area contributed by atoms with Crippen LogP contribution in [0.5, 0.6) is 0 Å². The number of nitrogens with zero attached hydrogens (tertiary/aromatic N) is 5. The number of halogens is 1. The lowest BCUT2D eigenvalue weighted by Gasteiger charge is -2.33. The molecule has 0 radical (unpaired) electrons. The Labute approximate surface area is 233 Å². The van der Waals surface area contributed by atoms with Gasteiger partial charge < -0.3 is 9.64 Å². The van der Waals surface area contributed by atoms with Crippen LogP contribution in [0.25, 0.3) is 21.8 Å². The third-order valence-corrected chi connectivity index (χ3v) is 7.63. The number of hydrogen-bond donors (Lipinski definition) is 0. The molecule has 4 heterocycles. The summed E-state index contributed by atoms with van der Waals surface area (Å²) in [5.41, 5.74) is 2.80. The van der Waals surface area contributed by atoms with Crippen molar-refractivity contribution in [2.75, 3.05) is 13.1 Å². The van der Waals surface area contributed by atoms with Crippen molar-refractivity contribution in [2.45, 2.75) is 84.4 Å². The van der Waals surface area contributed by atoms with Gasteiger partial charge in [0.25, 0.3) is 0 Å². The van der Waals surface area contributed by atoms with Crippen LogP contribution in [0.15, 0.2) is 47.7 Å². The number of aromatic nitrogens is 4. The third-order valence-electron chi connectivity index (χ3n) is 7.63. The average molecular weight is 548 g/mol. The van der Waals surface area contributed by atoms with Gasteiger partial charge in [0, 0.05) is 36.9 Å². The van der Waals surface area contributed by atoms with Crippen molar-refractivity contribution < 1.29 is 13.9 Å². The van der Waals surface area contributed by atoms with E-state index in [2.05, 4.69) is 11.9 Å². The van der Waals surface area contributed by atoms with Gasteiger partial charge in [-0.05, 0) is 75.6 Å². The average Bonchev–Trinajstić information content (AvgIpc) is 3.19. The van der Waals surface area contributed by atoms with E-state index in [0.717, 1.165) is 58.7 Å². The molecule has 212 valence electrons. The number of piperidine rings is 1. The second-order valence-corrected chi connectivity index (χ2v) is 11.7. The molecule has 4 aromatic rings. The molecule has 0 spiro atoms. The number of ether oxygens (including phenoxy) is 1. The Kier molecular flexibility index (Phi) is 7.92. The highest BCUT2D eigenvalue weighted by Crippen LogP contribution is 2.28. The summed E-state index contributed by atoms with van der Waals surface area (Å²) in [4.78, 5) is 37.3. The van der Waals surface area contributed by atoms with Gasteiger partial charge in [-0.3, -0.25) is 19.1 Å². The monoisotopic (exact) mass is 547 g/mol. The number of rotatable bonds is 7. The van der Waals surface area contributed by atoms with Gasteiger partial charge in [0.15, 0.2) is 0 Å². The SMILES string of the molecule is CCCCCc1c(Cn2c(=O)n(C3CCN(C(=O)OC(C)(C)C)CC3)c3ccncc32)ncc2cc(F)ccc12. The molecule has 0 aliphatic carbocycles. The van der Waals surface area contributed by atoms with Gasteiger partial charge in [0.2, 0.25) is 0 Å². The predicted molar refractivity (Wildman–Crippen MR) is 154 cm³/mol. The molecule has 9 heteroatoms. The van der Waals surface area contributed by atoms with E-state index < -0.39 is 5.60 Å². The summed E-state index contributed by atoms with van der Waals surface area (Å²) in [6.45, 7) is 9.09. The maximum atomic E-state index is 14.0. The Balaban J connectivity index is 1.48. The number of benzene rings is 1. The first-order valence-electron chi connectivity index (χ1n) is 14.2. The summed E-state index contributed by atoms with van der Waals surface area (Å²) in [5, 5.41) is 1.75. The second-order valence-electron chi connectivity index (χ2n) is 11.7. The molecule has 0 N–H and O–H groups in total. The van der Waals surface area contributed by atoms with Gasteiger partial charge in [-0.15, -0.1) is 0 Å². The fourth-order valence-electron chi connectivity index (χ4n) is 5.68. The Morgan fingerprint density at radius 1 is 1.10 bits per heavy atom.